The van der Waals surface area contributed by atoms with E-state index in [9.17, 15) is 19.5 Å². The number of carboxylic acids is 1. The topological polar surface area (TPSA) is 105 Å². The van der Waals surface area contributed by atoms with Crippen LogP contribution in [0.5, 0.6) is 11.5 Å². The van der Waals surface area contributed by atoms with Crippen molar-refractivity contribution in [2.75, 3.05) is 19.8 Å². The zero-order valence-corrected chi connectivity index (χ0v) is 18.6. The minimum Gasteiger partial charge on any atom is -0.493 e. The predicted octanol–water partition coefficient (Wildman–Crippen LogP) is 2.76. The summed E-state index contributed by atoms with van der Waals surface area (Å²) < 4.78 is 11.3. The standard InChI is InChI=1S/C25H28N2O6/c1-16-12-17(2-4-21(16)33-11-9-27-23(28)6-7-24(27)29)15-26-20(14-25(30)31)18-3-5-22-19(13-18)8-10-32-22/h2-5,12-13,20,26H,6-11,14-15H2,1H3,(H,30,31). The van der Waals surface area contributed by atoms with Crippen LogP contribution in [0.3, 0.4) is 0 Å². The molecule has 2 amide bonds. The number of aryl methyl sites for hydroxylation is 1. The Kier molecular flexibility index (Phi) is 6.93. The van der Waals surface area contributed by atoms with Gasteiger partial charge in [-0.1, -0.05) is 24.3 Å². The molecule has 1 saturated heterocycles. The van der Waals surface area contributed by atoms with Gasteiger partial charge < -0.3 is 19.9 Å². The summed E-state index contributed by atoms with van der Waals surface area (Å²) in [7, 11) is 0. The highest BCUT2D eigenvalue weighted by molar-refractivity contribution is 6.01. The van der Waals surface area contributed by atoms with E-state index in [-0.39, 0.29) is 50.3 Å². The Hall–Kier alpha value is -3.39. The van der Waals surface area contributed by atoms with Gasteiger partial charge in [0.05, 0.1) is 19.6 Å². The SMILES string of the molecule is Cc1cc(CNC(CC(=O)O)c2ccc3c(c2)CCO3)ccc1OCCN1C(=O)CCC1=O. The molecule has 2 aliphatic heterocycles. The second kappa shape index (κ2) is 10.0. The lowest BCUT2D eigenvalue weighted by molar-refractivity contribution is -0.139. The van der Waals surface area contributed by atoms with Gasteiger partial charge in [0.25, 0.3) is 0 Å². The van der Waals surface area contributed by atoms with Crippen LogP contribution in [0, 0.1) is 6.92 Å². The summed E-state index contributed by atoms with van der Waals surface area (Å²) in [6, 6.07) is 11.3. The number of rotatable bonds is 10. The number of fused-ring (bicyclic) bond motifs is 1. The number of carboxylic acid groups (broad SMARTS) is 1. The Morgan fingerprint density at radius 1 is 1.15 bits per heavy atom. The molecule has 4 rings (SSSR count). The largest absolute Gasteiger partial charge is 0.493 e. The number of aliphatic carboxylic acids is 1. The molecule has 1 fully saturated rings. The molecule has 174 valence electrons. The number of carbonyl (C=O) groups is 3. The molecule has 0 radical (unpaired) electrons. The van der Waals surface area contributed by atoms with E-state index in [0.29, 0.717) is 18.9 Å². The minimum atomic E-state index is -0.862. The molecular weight excluding hydrogens is 424 g/mol. The monoisotopic (exact) mass is 452 g/mol. The summed E-state index contributed by atoms with van der Waals surface area (Å²) in [4.78, 5) is 36.1. The van der Waals surface area contributed by atoms with Crippen molar-refractivity contribution in [2.45, 2.75) is 45.2 Å². The Bertz CT molecular complexity index is 1050. The number of nitrogens with one attached hydrogen (secondary N) is 1. The number of hydrogen-bond donors (Lipinski definition) is 2. The number of imide groups is 1. The molecule has 2 N–H and O–H groups in total. The van der Waals surface area contributed by atoms with E-state index in [1.54, 1.807) is 0 Å². The van der Waals surface area contributed by atoms with Crippen LogP contribution in [0.4, 0.5) is 0 Å². The van der Waals surface area contributed by atoms with Crippen LogP contribution in [0.15, 0.2) is 36.4 Å². The van der Waals surface area contributed by atoms with E-state index in [1.807, 2.05) is 43.3 Å². The lowest BCUT2D eigenvalue weighted by Gasteiger charge is -2.19. The number of carbonyl (C=O) groups excluding carboxylic acids is 2. The van der Waals surface area contributed by atoms with E-state index >= 15 is 0 Å². The summed E-state index contributed by atoms with van der Waals surface area (Å²) >= 11 is 0. The van der Waals surface area contributed by atoms with Crippen LogP contribution in [-0.4, -0.2) is 47.5 Å². The zero-order chi connectivity index (χ0) is 23.4. The molecule has 8 heteroatoms. The third-order valence-corrected chi connectivity index (χ3v) is 6.01. The van der Waals surface area contributed by atoms with Crippen LogP contribution < -0.4 is 14.8 Å². The van der Waals surface area contributed by atoms with Crippen molar-refractivity contribution in [1.29, 1.82) is 0 Å². The molecule has 0 aliphatic carbocycles. The summed E-state index contributed by atoms with van der Waals surface area (Å²) in [5, 5.41) is 12.8. The van der Waals surface area contributed by atoms with Crippen LogP contribution in [0.1, 0.15) is 47.6 Å². The van der Waals surface area contributed by atoms with Crippen molar-refractivity contribution in [3.8, 4) is 11.5 Å². The maximum atomic E-state index is 11.7. The third kappa shape index (κ3) is 5.51. The molecule has 0 bridgehead atoms. The lowest BCUT2D eigenvalue weighted by Crippen LogP contribution is -2.33. The average molecular weight is 453 g/mol. The summed E-state index contributed by atoms with van der Waals surface area (Å²) in [6.45, 7) is 3.60. The maximum Gasteiger partial charge on any atom is 0.305 e. The fourth-order valence-corrected chi connectivity index (χ4v) is 4.25. The van der Waals surface area contributed by atoms with Crippen LogP contribution >= 0.6 is 0 Å². The first kappa shape index (κ1) is 22.8. The fourth-order valence-electron chi connectivity index (χ4n) is 4.25. The number of ether oxygens (including phenoxy) is 2. The van der Waals surface area contributed by atoms with Crippen molar-refractivity contribution in [3.63, 3.8) is 0 Å². The third-order valence-electron chi connectivity index (χ3n) is 6.01. The van der Waals surface area contributed by atoms with Gasteiger partial charge in [0, 0.05) is 31.8 Å². The molecular formula is C25H28N2O6. The van der Waals surface area contributed by atoms with Crippen LogP contribution in [0.2, 0.25) is 0 Å². The van der Waals surface area contributed by atoms with Crippen molar-refractivity contribution in [3.05, 3.63) is 58.7 Å². The Balaban J connectivity index is 1.35. The highest BCUT2D eigenvalue weighted by atomic mass is 16.5. The summed E-state index contributed by atoms with van der Waals surface area (Å²) in [5.74, 6) is 0.414. The van der Waals surface area contributed by atoms with Crippen molar-refractivity contribution >= 4 is 17.8 Å². The molecule has 0 aromatic heterocycles. The zero-order valence-electron chi connectivity index (χ0n) is 18.6. The minimum absolute atomic E-state index is 0.0201. The van der Waals surface area contributed by atoms with Gasteiger partial charge in [-0.25, -0.2) is 0 Å². The van der Waals surface area contributed by atoms with E-state index < -0.39 is 5.97 Å². The molecule has 2 aliphatic rings. The molecule has 2 heterocycles. The second-order valence-corrected chi connectivity index (χ2v) is 8.38. The Labute approximate surface area is 192 Å². The number of nitrogens with zero attached hydrogens (tertiary/aromatic N) is 1. The predicted molar refractivity (Wildman–Crippen MR) is 120 cm³/mol. The van der Waals surface area contributed by atoms with E-state index in [2.05, 4.69) is 5.32 Å². The van der Waals surface area contributed by atoms with Gasteiger partial charge in [-0.3, -0.25) is 19.3 Å². The first-order valence-electron chi connectivity index (χ1n) is 11.2. The lowest BCUT2D eigenvalue weighted by atomic mass is 9.99. The summed E-state index contributed by atoms with van der Waals surface area (Å²) in [5.41, 5.74) is 3.98. The molecule has 2 aromatic rings. The highest BCUT2D eigenvalue weighted by Crippen LogP contribution is 2.29. The quantitative estimate of drug-likeness (QED) is 0.534. The number of benzene rings is 2. The normalized spacial score (nSPS) is 16.0. The smallest absolute Gasteiger partial charge is 0.305 e. The van der Waals surface area contributed by atoms with Gasteiger partial charge in [-0.05, 0) is 41.3 Å². The van der Waals surface area contributed by atoms with E-state index in [4.69, 9.17) is 9.47 Å². The molecule has 33 heavy (non-hydrogen) atoms. The maximum absolute atomic E-state index is 11.7. The van der Waals surface area contributed by atoms with Crippen molar-refractivity contribution in [2.24, 2.45) is 0 Å². The van der Waals surface area contributed by atoms with Crippen LogP contribution in [-0.2, 0) is 27.3 Å². The Morgan fingerprint density at radius 2 is 1.94 bits per heavy atom. The average Bonchev–Trinajstić information content (AvgIpc) is 3.38. The number of amides is 2. The summed E-state index contributed by atoms with van der Waals surface area (Å²) in [6.07, 6.45) is 1.38. The number of hydrogen-bond acceptors (Lipinski definition) is 6. The second-order valence-electron chi connectivity index (χ2n) is 8.38. The molecule has 1 atom stereocenters. The Morgan fingerprint density at radius 3 is 2.67 bits per heavy atom. The van der Waals surface area contributed by atoms with Crippen molar-refractivity contribution in [1.82, 2.24) is 10.2 Å². The van der Waals surface area contributed by atoms with Crippen LogP contribution in [0.25, 0.3) is 0 Å². The van der Waals surface area contributed by atoms with Gasteiger partial charge >= 0.3 is 5.97 Å². The van der Waals surface area contributed by atoms with Gasteiger partial charge in [-0.15, -0.1) is 0 Å². The first-order valence-corrected chi connectivity index (χ1v) is 11.2. The van der Waals surface area contributed by atoms with E-state index in [1.165, 1.54) is 4.90 Å². The molecule has 0 spiro atoms. The van der Waals surface area contributed by atoms with Gasteiger partial charge in [0.2, 0.25) is 11.8 Å². The molecule has 2 aromatic carbocycles. The molecule has 8 nitrogen and oxygen atoms in total. The van der Waals surface area contributed by atoms with E-state index in [0.717, 1.165) is 34.4 Å². The number of likely N-dealkylation sites (tertiary alicyclic amines) is 1. The van der Waals surface area contributed by atoms with Gasteiger partial charge in [0.1, 0.15) is 18.1 Å². The fraction of sp³-hybridized carbons (Fsp3) is 0.400. The van der Waals surface area contributed by atoms with Crippen molar-refractivity contribution < 1.29 is 29.0 Å². The molecule has 0 saturated carbocycles. The van der Waals surface area contributed by atoms with Gasteiger partial charge in [-0.2, -0.15) is 0 Å². The molecule has 1 unspecified atom stereocenters. The van der Waals surface area contributed by atoms with Gasteiger partial charge in [0.15, 0.2) is 0 Å². The first-order chi connectivity index (χ1) is 15.9. The highest BCUT2D eigenvalue weighted by Gasteiger charge is 2.28.